The molecule has 36 heavy (non-hydrogen) atoms. The van der Waals surface area contributed by atoms with E-state index in [1.54, 1.807) is 11.0 Å². The van der Waals surface area contributed by atoms with Crippen LogP contribution in [0.5, 0.6) is 5.75 Å². The maximum Gasteiger partial charge on any atom is 0.297 e. The number of fused-ring (bicyclic) bond motifs is 2. The van der Waals surface area contributed by atoms with Crippen molar-refractivity contribution in [2.75, 3.05) is 11.5 Å². The number of carbonyl (C=O) groups is 1. The molecule has 1 amide bonds. The molecule has 186 valence electrons. The number of nitrogens with zero attached hydrogens (tertiary/aromatic N) is 3. The lowest BCUT2D eigenvalue weighted by Crippen LogP contribution is -2.29. The fraction of sp³-hybridized carbons (Fsp3) is 0.357. The van der Waals surface area contributed by atoms with Crippen molar-refractivity contribution < 1.29 is 13.9 Å². The first-order chi connectivity index (χ1) is 17.4. The highest BCUT2D eigenvalue weighted by atomic mass is 32.1. The zero-order valence-corrected chi connectivity index (χ0v) is 21.7. The van der Waals surface area contributed by atoms with Crippen LogP contribution >= 0.6 is 11.3 Å². The summed E-state index contributed by atoms with van der Waals surface area (Å²) in [6.45, 7) is 8.91. The molecule has 1 atom stereocenters. The van der Waals surface area contributed by atoms with Crippen molar-refractivity contribution >= 4 is 33.3 Å². The molecule has 0 spiro atoms. The van der Waals surface area contributed by atoms with Crippen LogP contribution in [0, 0.1) is 12.8 Å². The van der Waals surface area contributed by atoms with Crippen LogP contribution in [0.3, 0.4) is 0 Å². The summed E-state index contributed by atoms with van der Waals surface area (Å²) < 4.78 is 11.9. The highest BCUT2D eigenvalue weighted by Crippen LogP contribution is 2.42. The van der Waals surface area contributed by atoms with Gasteiger partial charge in [-0.2, -0.15) is 0 Å². The topological polar surface area (TPSA) is 85.5 Å². The number of anilines is 1. The summed E-state index contributed by atoms with van der Waals surface area (Å²) in [5.74, 6) is 0.833. The van der Waals surface area contributed by atoms with Crippen molar-refractivity contribution in [1.29, 1.82) is 0 Å². The average molecular weight is 504 g/mol. The van der Waals surface area contributed by atoms with Crippen molar-refractivity contribution in [3.8, 4) is 5.75 Å². The fourth-order valence-electron chi connectivity index (χ4n) is 4.45. The van der Waals surface area contributed by atoms with E-state index in [2.05, 4.69) is 31.0 Å². The second-order valence-corrected chi connectivity index (χ2v) is 10.6. The Morgan fingerprint density at radius 1 is 1.11 bits per heavy atom. The van der Waals surface area contributed by atoms with E-state index in [9.17, 15) is 9.59 Å². The number of rotatable bonds is 8. The van der Waals surface area contributed by atoms with Gasteiger partial charge in [0.15, 0.2) is 5.43 Å². The molecule has 5 rings (SSSR count). The van der Waals surface area contributed by atoms with Gasteiger partial charge in [0.1, 0.15) is 16.3 Å². The van der Waals surface area contributed by atoms with Gasteiger partial charge in [-0.3, -0.25) is 14.5 Å². The number of hydrogen-bond acceptors (Lipinski definition) is 7. The number of unbranched alkanes of at least 4 members (excludes halogenated alkanes) is 1. The molecule has 0 radical (unpaired) electrons. The van der Waals surface area contributed by atoms with Gasteiger partial charge in [-0.1, -0.05) is 62.3 Å². The maximum atomic E-state index is 13.8. The summed E-state index contributed by atoms with van der Waals surface area (Å²) in [5.41, 5.74) is 2.26. The lowest BCUT2D eigenvalue weighted by Gasteiger charge is -2.22. The van der Waals surface area contributed by atoms with Gasteiger partial charge in [-0.15, -0.1) is 10.2 Å². The maximum absolute atomic E-state index is 13.8. The Balaban J connectivity index is 1.64. The standard InChI is InChI=1S/C28H29N3O4S/c1-5-6-13-34-19-10-8-18(9-11-19)24-23-25(32)20-15-17(4)7-12-21(20)35-26(23)27(33)31(24)28-30-29-22(36-28)14-16(2)3/h7-12,15-16,24H,5-6,13-14H2,1-4H3. The molecule has 2 aromatic carbocycles. The Labute approximate surface area is 213 Å². The Kier molecular flexibility index (Phi) is 6.62. The van der Waals surface area contributed by atoms with E-state index in [-0.39, 0.29) is 17.1 Å². The minimum absolute atomic E-state index is 0.0604. The number of amides is 1. The van der Waals surface area contributed by atoms with Crippen LogP contribution in [0.15, 0.2) is 51.7 Å². The van der Waals surface area contributed by atoms with Crippen molar-refractivity contribution in [2.24, 2.45) is 5.92 Å². The largest absolute Gasteiger partial charge is 0.494 e. The van der Waals surface area contributed by atoms with Gasteiger partial charge in [-0.25, -0.2) is 0 Å². The predicted molar refractivity (Wildman–Crippen MR) is 141 cm³/mol. The molecule has 7 nitrogen and oxygen atoms in total. The molecule has 0 saturated carbocycles. The number of aryl methyl sites for hydroxylation is 1. The average Bonchev–Trinajstić information content (AvgIpc) is 3.42. The highest BCUT2D eigenvalue weighted by molar-refractivity contribution is 7.15. The van der Waals surface area contributed by atoms with Crippen LogP contribution < -0.4 is 15.1 Å². The summed E-state index contributed by atoms with van der Waals surface area (Å²) in [6.07, 6.45) is 2.79. The normalized spacial score (nSPS) is 15.2. The quantitative estimate of drug-likeness (QED) is 0.271. The Hall–Kier alpha value is -3.52. The fourth-order valence-corrected chi connectivity index (χ4v) is 5.53. The summed E-state index contributed by atoms with van der Waals surface area (Å²) in [5, 5.41) is 10.4. The van der Waals surface area contributed by atoms with Gasteiger partial charge in [0, 0.05) is 6.42 Å². The lowest BCUT2D eigenvalue weighted by molar-refractivity contribution is 0.0970. The Morgan fingerprint density at radius 2 is 1.89 bits per heavy atom. The molecule has 0 bridgehead atoms. The number of hydrogen-bond donors (Lipinski definition) is 0. The third-order valence-electron chi connectivity index (χ3n) is 6.23. The van der Waals surface area contributed by atoms with E-state index in [1.165, 1.54) is 11.3 Å². The van der Waals surface area contributed by atoms with Gasteiger partial charge in [-0.05, 0) is 49.1 Å². The smallest absolute Gasteiger partial charge is 0.297 e. The van der Waals surface area contributed by atoms with E-state index in [0.717, 1.165) is 41.1 Å². The zero-order chi connectivity index (χ0) is 25.4. The first kappa shape index (κ1) is 24.2. The van der Waals surface area contributed by atoms with Gasteiger partial charge in [0.2, 0.25) is 10.9 Å². The molecule has 1 unspecified atom stereocenters. The summed E-state index contributed by atoms with van der Waals surface area (Å²) in [7, 11) is 0. The first-order valence-corrected chi connectivity index (χ1v) is 13.1. The predicted octanol–water partition coefficient (Wildman–Crippen LogP) is 6.08. The van der Waals surface area contributed by atoms with Crippen molar-refractivity contribution in [3.63, 3.8) is 0 Å². The van der Waals surface area contributed by atoms with Crippen LogP contribution in [-0.4, -0.2) is 22.7 Å². The Morgan fingerprint density at radius 3 is 2.61 bits per heavy atom. The molecule has 0 fully saturated rings. The zero-order valence-electron chi connectivity index (χ0n) is 20.9. The van der Waals surface area contributed by atoms with Crippen molar-refractivity contribution in [3.05, 3.63) is 80.1 Å². The van der Waals surface area contributed by atoms with E-state index in [4.69, 9.17) is 9.15 Å². The minimum atomic E-state index is -0.668. The van der Waals surface area contributed by atoms with Crippen LogP contribution in [0.1, 0.15) is 71.9 Å². The summed E-state index contributed by atoms with van der Waals surface area (Å²) in [6, 6.07) is 12.3. The molecule has 1 aliphatic heterocycles. The Bertz CT molecular complexity index is 1470. The molecule has 1 aliphatic rings. The van der Waals surface area contributed by atoms with Crippen LogP contribution in [0.25, 0.3) is 11.0 Å². The number of ether oxygens (including phenoxy) is 1. The van der Waals surface area contributed by atoms with Crippen LogP contribution in [0.2, 0.25) is 0 Å². The monoisotopic (exact) mass is 503 g/mol. The van der Waals surface area contributed by atoms with Gasteiger partial charge < -0.3 is 9.15 Å². The third kappa shape index (κ3) is 4.41. The molecule has 8 heteroatoms. The second kappa shape index (κ2) is 9.85. The summed E-state index contributed by atoms with van der Waals surface area (Å²) in [4.78, 5) is 29.0. The van der Waals surface area contributed by atoms with E-state index < -0.39 is 6.04 Å². The van der Waals surface area contributed by atoms with E-state index >= 15 is 0 Å². The summed E-state index contributed by atoms with van der Waals surface area (Å²) >= 11 is 1.38. The highest BCUT2D eigenvalue weighted by Gasteiger charge is 2.45. The molecule has 4 aromatic rings. The molecular weight excluding hydrogens is 474 g/mol. The van der Waals surface area contributed by atoms with Crippen molar-refractivity contribution in [1.82, 2.24) is 10.2 Å². The molecule has 3 heterocycles. The van der Waals surface area contributed by atoms with Gasteiger partial charge in [0.05, 0.1) is 23.6 Å². The van der Waals surface area contributed by atoms with Crippen molar-refractivity contribution in [2.45, 2.75) is 53.0 Å². The number of benzene rings is 2. The first-order valence-electron chi connectivity index (χ1n) is 12.3. The van der Waals surface area contributed by atoms with E-state index in [0.29, 0.717) is 34.2 Å². The van der Waals surface area contributed by atoms with Crippen LogP contribution in [-0.2, 0) is 6.42 Å². The molecule has 0 N–H and O–H groups in total. The molecule has 0 saturated heterocycles. The third-order valence-corrected chi connectivity index (χ3v) is 7.18. The lowest BCUT2D eigenvalue weighted by atomic mass is 9.98. The molecule has 2 aromatic heterocycles. The number of aromatic nitrogens is 2. The van der Waals surface area contributed by atoms with E-state index in [1.807, 2.05) is 43.3 Å². The minimum Gasteiger partial charge on any atom is -0.494 e. The SMILES string of the molecule is CCCCOc1ccc(C2c3c(oc4ccc(C)cc4c3=O)C(=O)N2c2nnc(CC(C)C)s2)cc1. The van der Waals surface area contributed by atoms with Gasteiger partial charge in [0.25, 0.3) is 5.91 Å². The number of carbonyl (C=O) groups excluding carboxylic acids is 1. The second-order valence-electron chi connectivity index (χ2n) is 9.60. The molecule has 0 aliphatic carbocycles. The van der Waals surface area contributed by atoms with Gasteiger partial charge >= 0.3 is 0 Å². The van der Waals surface area contributed by atoms with Crippen LogP contribution in [0.4, 0.5) is 5.13 Å². The molecular formula is C28H29N3O4S.